The van der Waals surface area contributed by atoms with Gasteiger partial charge in [-0.2, -0.15) is 0 Å². The van der Waals surface area contributed by atoms with Crippen molar-refractivity contribution in [3.63, 3.8) is 0 Å². The lowest BCUT2D eigenvalue weighted by atomic mass is 10.2. The average molecular weight is 258 g/mol. The lowest BCUT2D eigenvalue weighted by Gasteiger charge is -2.09. The van der Waals surface area contributed by atoms with E-state index < -0.39 is 0 Å². The molecule has 1 N–H and O–H groups in total. The van der Waals surface area contributed by atoms with Crippen molar-refractivity contribution in [2.75, 3.05) is 18.8 Å². The Morgan fingerprint density at radius 2 is 2.06 bits per heavy atom. The normalized spacial score (nSPS) is 12.6. The first-order chi connectivity index (χ1) is 7.83. The molecule has 3 heteroatoms. The molecule has 0 spiro atoms. The number of thioether (sulfide) groups is 1. The van der Waals surface area contributed by atoms with E-state index in [1.165, 1.54) is 4.90 Å². The van der Waals surface area contributed by atoms with E-state index in [0.29, 0.717) is 0 Å². The minimum Gasteiger partial charge on any atom is -0.314 e. The summed E-state index contributed by atoms with van der Waals surface area (Å²) in [6.07, 6.45) is 2.26. The van der Waals surface area contributed by atoms with E-state index in [9.17, 15) is 0 Å². The minimum absolute atomic E-state index is 0.284. The van der Waals surface area contributed by atoms with Crippen LogP contribution in [-0.4, -0.2) is 24.2 Å². The molecule has 1 unspecified atom stereocenters. The van der Waals surface area contributed by atoms with Crippen molar-refractivity contribution >= 4 is 23.4 Å². The van der Waals surface area contributed by atoms with Gasteiger partial charge in [0.1, 0.15) is 0 Å². The van der Waals surface area contributed by atoms with Crippen molar-refractivity contribution in [1.82, 2.24) is 5.32 Å². The molecule has 1 aromatic carbocycles. The monoisotopic (exact) mass is 257 g/mol. The highest BCUT2D eigenvalue weighted by Crippen LogP contribution is 2.15. The summed E-state index contributed by atoms with van der Waals surface area (Å²) >= 11 is 7.99. The number of alkyl halides is 1. The average Bonchev–Trinajstić information content (AvgIpc) is 2.30. The van der Waals surface area contributed by atoms with E-state index in [-0.39, 0.29) is 5.38 Å². The lowest BCUT2D eigenvalue weighted by Crippen LogP contribution is -2.25. The SMILES string of the molecule is CCCC(Cl)CNCCSc1ccccc1. The summed E-state index contributed by atoms with van der Waals surface area (Å²) in [7, 11) is 0. The molecular formula is C13H20ClNS. The van der Waals surface area contributed by atoms with Gasteiger partial charge in [-0.1, -0.05) is 31.5 Å². The van der Waals surface area contributed by atoms with Gasteiger partial charge in [-0.15, -0.1) is 23.4 Å². The number of hydrogen-bond acceptors (Lipinski definition) is 2. The van der Waals surface area contributed by atoms with Gasteiger partial charge in [-0.25, -0.2) is 0 Å². The Morgan fingerprint density at radius 3 is 2.75 bits per heavy atom. The molecule has 1 rings (SSSR count). The van der Waals surface area contributed by atoms with Crippen molar-refractivity contribution in [3.05, 3.63) is 30.3 Å². The van der Waals surface area contributed by atoms with Gasteiger partial charge < -0.3 is 5.32 Å². The number of benzene rings is 1. The topological polar surface area (TPSA) is 12.0 Å². The van der Waals surface area contributed by atoms with Crippen molar-refractivity contribution in [1.29, 1.82) is 0 Å². The molecule has 90 valence electrons. The second-order valence-corrected chi connectivity index (χ2v) is 5.54. The first kappa shape index (κ1) is 13.9. The van der Waals surface area contributed by atoms with E-state index in [2.05, 4.69) is 36.5 Å². The van der Waals surface area contributed by atoms with E-state index in [4.69, 9.17) is 11.6 Å². The van der Waals surface area contributed by atoms with Gasteiger partial charge in [0, 0.05) is 29.1 Å². The highest BCUT2D eigenvalue weighted by atomic mass is 35.5. The van der Waals surface area contributed by atoms with Crippen LogP contribution in [0, 0.1) is 0 Å². The molecule has 0 radical (unpaired) electrons. The van der Waals surface area contributed by atoms with E-state index in [1.54, 1.807) is 0 Å². The Labute approximate surface area is 108 Å². The fraction of sp³-hybridized carbons (Fsp3) is 0.538. The summed E-state index contributed by atoms with van der Waals surface area (Å²) in [5, 5.41) is 3.67. The maximum atomic E-state index is 6.11. The van der Waals surface area contributed by atoms with Crippen molar-refractivity contribution in [3.8, 4) is 0 Å². The lowest BCUT2D eigenvalue weighted by molar-refractivity contribution is 0.643. The highest BCUT2D eigenvalue weighted by molar-refractivity contribution is 7.99. The van der Waals surface area contributed by atoms with Gasteiger partial charge in [0.15, 0.2) is 0 Å². The Hall–Kier alpha value is -0.180. The van der Waals surface area contributed by atoms with Crippen molar-refractivity contribution in [2.24, 2.45) is 0 Å². The standard InChI is InChI=1S/C13H20ClNS/c1-2-6-12(14)11-15-9-10-16-13-7-4-3-5-8-13/h3-5,7-8,12,15H,2,6,9-11H2,1H3. The van der Waals surface area contributed by atoms with Gasteiger partial charge in [-0.05, 0) is 18.6 Å². The number of nitrogens with one attached hydrogen (secondary N) is 1. The second kappa shape index (κ2) is 8.91. The summed E-state index contributed by atoms with van der Waals surface area (Å²) < 4.78 is 0. The van der Waals surface area contributed by atoms with Crippen LogP contribution >= 0.6 is 23.4 Å². The molecule has 0 amide bonds. The largest absolute Gasteiger partial charge is 0.314 e. The van der Waals surface area contributed by atoms with Crippen LogP contribution < -0.4 is 5.32 Å². The highest BCUT2D eigenvalue weighted by Gasteiger charge is 2.01. The molecule has 1 nitrogen and oxygen atoms in total. The van der Waals surface area contributed by atoms with Gasteiger partial charge in [0.2, 0.25) is 0 Å². The molecular weight excluding hydrogens is 238 g/mol. The third-order valence-corrected chi connectivity index (χ3v) is 3.64. The molecule has 0 aliphatic rings. The Bertz CT molecular complexity index is 266. The molecule has 0 saturated carbocycles. The molecule has 1 aromatic rings. The smallest absolute Gasteiger partial charge is 0.0460 e. The van der Waals surface area contributed by atoms with Gasteiger partial charge in [0.25, 0.3) is 0 Å². The van der Waals surface area contributed by atoms with E-state index in [0.717, 1.165) is 31.7 Å². The fourth-order valence-corrected chi connectivity index (χ4v) is 2.59. The maximum Gasteiger partial charge on any atom is 0.0460 e. The predicted octanol–water partition coefficient (Wildman–Crippen LogP) is 3.78. The Kier molecular flexibility index (Phi) is 7.73. The molecule has 0 aliphatic carbocycles. The van der Waals surface area contributed by atoms with Gasteiger partial charge in [0.05, 0.1) is 0 Å². The van der Waals surface area contributed by atoms with Crippen LogP contribution in [0.25, 0.3) is 0 Å². The van der Waals surface area contributed by atoms with Gasteiger partial charge >= 0.3 is 0 Å². The van der Waals surface area contributed by atoms with Crippen molar-refractivity contribution < 1.29 is 0 Å². The third-order valence-electron chi connectivity index (χ3n) is 2.26. The van der Waals surface area contributed by atoms with Gasteiger partial charge in [-0.3, -0.25) is 0 Å². The Balaban J connectivity index is 2.00. The Morgan fingerprint density at radius 1 is 1.31 bits per heavy atom. The summed E-state index contributed by atoms with van der Waals surface area (Å²) in [5.41, 5.74) is 0. The zero-order valence-electron chi connectivity index (χ0n) is 9.79. The molecule has 1 atom stereocenters. The molecule has 0 bridgehead atoms. The van der Waals surface area contributed by atoms with Crippen LogP contribution in [0.5, 0.6) is 0 Å². The summed E-state index contributed by atoms with van der Waals surface area (Å²) in [4.78, 5) is 1.33. The molecule has 0 aromatic heterocycles. The third kappa shape index (κ3) is 6.41. The number of rotatable bonds is 8. The number of hydrogen-bond donors (Lipinski definition) is 1. The predicted molar refractivity (Wildman–Crippen MR) is 74.6 cm³/mol. The van der Waals surface area contributed by atoms with Crippen LogP contribution in [0.1, 0.15) is 19.8 Å². The van der Waals surface area contributed by atoms with Crippen LogP contribution in [0.4, 0.5) is 0 Å². The molecule has 0 saturated heterocycles. The quantitative estimate of drug-likeness (QED) is 0.432. The zero-order valence-corrected chi connectivity index (χ0v) is 11.4. The first-order valence-electron chi connectivity index (χ1n) is 5.85. The second-order valence-electron chi connectivity index (χ2n) is 3.75. The molecule has 16 heavy (non-hydrogen) atoms. The summed E-state index contributed by atoms with van der Waals surface area (Å²) in [6.45, 7) is 4.11. The van der Waals surface area contributed by atoms with Crippen LogP contribution in [0.3, 0.4) is 0 Å². The minimum atomic E-state index is 0.284. The number of halogens is 1. The fourth-order valence-electron chi connectivity index (χ4n) is 1.43. The molecule has 0 aliphatic heterocycles. The van der Waals surface area contributed by atoms with Crippen LogP contribution in [-0.2, 0) is 0 Å². The maximum absolute atomic E-state index is 6.11. The van der Waals surface area contributed by atoms with E-state index in [1.807, 2.05) is 17.8 Å². The van der Waals surface area contributed by atoms with Crippen LogP contribution in [0.2, 0.25) is 0 Å². The summed E-state index contributed by atoms with van der Waals surface area (Å²) in [6, 6.07) is 10.5. The summed E-state index contributed by atoms with van der Waals surface area (Å²) in [5.74, 6) is 1.10. The molecule has 0 heterocycles. The zero-order chi connectivity index (χ0) is 11.6. The first-order valence-corrected chi connectivity index (χ1v) is 7.27. The van der Waals surface area contributed by atoms with Crippen LogP contribution in [0.15, 0.2) is 35.2 Å². The molecule has 0 fully saturated rings. The van der Waals surface area contributed by atoms with E-state index >= 15 is 0 Å². The van der Waals surface area contributed by atoms with Crippen molar-refractivity contribution in [2.45, 2.75) is 30.0 Å².